The molecule has 0 radical (unpaired) electrons. The average Bonchev–Trinajstić information content (AvgIpc) is 3.83. The summed E-state index contributed by atoms with van der Waals surface area (Å²) in [5.74, 6) is 0. The first kappa shape index (κ1) is 38.0. The lowest BCUT2D eigenvalue weighted by molar-refractivity contribution is 0.0169. The van der Waals surface area contributed by atoms with E-state index in [1.54, 1.807) is 16.6 Å². The molecule has 10 heteroatoms. The number of hydrogen-bond donors (Lipinski definition) is 3. The van der Waals surface area contributed by atoms with Crippen LogP contribution in [-0.2, 0) is 39.9 Å². The van der Waals surface area contributed by atoms with Crippen LogP contribution in [0.2, 0.25) is 5.04 Å². The van der Waals surface area contributed by atoms with Crippen molar-refractivity contribution in [2.45, 2.75) is 116 Å². The van der Waals surface area contributed by atoms with E-state index in [0.29, 0.717) is 13.0 Å². The molecule has 3 amide bonds. The summed E-state index contributed by atoms with van der Waals surface area (Å²) in [7, 11) is -7.72. The van der Waals surface area contributed by atoms with Crippen LogP contribution in [0, 0.1) is 0 Å². The minimum Gasteiger partial charge on any atom is -0.444 e. The minimum atomic E-state index is -4.49. The standard InChI is InChI=1S/C42H58N4O4SSi/c1-40(2,3)50-39(48)46-28-17-26-42(46,7)27-29-51(8,49,44-38(47)43-37-35-24-15-18-31(35)30-32-19-16-25-36(32)37)45-52(41(4,5)6,33-20-11-9-12-21-33)34-22-13-10-14-23-34/h9-14,20-23,27,29-30H,15-19,24-26,28H2,1-8H3,(H3,43,44,45,47,49)/b29-27+/t42-/m1/s1. The van der Waals surface area contributed by atoms with E-state index >= 15 is 4.21 Å². The SMILES string of the molecule is CC(C)(C)OC(=O)N1CCC[C@]1(C)/C=C/S(C)(=O)(NC(=O)Nc1c2c(cc3c1CCC3)CCC2)N[Si](c1ccccc1)(c1ccccc1)C(C)(C)C. The molecule has 1 heterocycles. The van der Waals surface area contributed by atoms with E-state index in [1.165, 1.54) is 22.3 Å². The van der Waals surface area contributed by atoms with Gasteiger partial charge >= 0.3 is 12.1 Å². The number of ether oxygens (including phenoxy) is 1. The highest BCUT2D eigenvalue weighted by Crippen LogP contribution is 2.41. The highest BCUT2D eigenvalue weighted by atomic mass is 32.3. The van der Waals surface area contributed by atoms with Gasteiger partial charge in [0, 0.05) is 33.3 Å². The predicted molar refractivity (Wildman–Crippen MR) is 217 cm³/mol. The van der Waals surface area contributed by atoms with Gasteiger partial charge in [0.1, 0.15) is 5.60 Å². The third kappa shape index (κ3) is 7.52. The molecule has 1 atom stereocenters. The Balaban J connectivity index is 1.48. The lowest BCUT2D eigenvalue weighted by Crippen LogP contribution is -2.80. The Bertz CT molecular complexity index is 1860. The molecule has 3 aromatic rings. The topological polar surface area (TPSA) is 99.8 Å². The summed E-state index contributed by atoms with van der Waals surface area (Å²) < 4.78 is 29.1. The zero-order chi connectivity index (χ0) is 37.6. The Morgan fingerprint density at radius 1 is 0.846 bits per heavy atom. The number of nitrogens with one attached hydrogen (secondary N) is 3. The molecule has 0 unspecified atom stereocenters. The third-order valence-corrected chi connectivity index (χ3v) is 20.4. The maximum absolute atomic E-state index is 16.4. The minimum absolute atomic E-state index is 0.408. The van der Waals surface area contributed by atoms with Crippen LogP contribution < -0.4 is 24.8 Å². The second-order valence-corrected chi connectivity index (χ2v) is 25.7. The first-order valence-electron chi connectivity index (χ1n) is 18.8. The second-order valence-electron chi connectivity index (χ2n) is 17.4. The number of nitrogens with zero attached hydrogens (tertiary/aromatic N) is 1. The number of urea groups is 1. The summed E-state index contributed by atoms with van der Waals surface area (Å²) >= 11 is 0. The zero-order valence-corrected chi connectivity index (χ0v) is 34.2. The number of amides is 3. The molecular weight excluding hydrogens is 685 g/mol. The largest absolute Gasteiger partial charge is 0.444 e. The van der Waals surface area contributed by atoms with E-state index in [1.807, 2.05) is 70.2 Å². The first-order valence-corrected chi connectivity index (χ1v) is 23.3. The number of benzene rings is 3. The van der Waals surface area contributed by atoms with E-state index in [-0.39, 0.29) is 0 Å². The number of fused-ring (bicyclic) bond motifs is 2. The van der Waals surface area contributed by atoms with Gasteiger partial charge in [-0.1, -0.05) is 87.5 Å². The molecule has 2 aliphatic carbocycles. The van der Waals surface area contributed by atoms with Gasteiger partial charge in [0.2, 0.25) is 8.24 Å². The summed E-state index contributed by atoms with van der Waals surface area (Å²) in [6, 6.07) is 22.3. The molecule has 0 spiro atoms. The van der Waals surface area contributed by atoms with Gasteiger partial charge in [0.05, 0.1) is 5.54 Å². The maximum Gasteiger partial charge on any atom is 0.410 e. The fourth-order valence-corrected chi connectivity index (χ4v) is 18.9. The second kappa shape index (κ2) is 13.6. The summed E-state index contributed by atoms with van der Waals surface area (Å²) in [6.45, 7) is 14.6. The van der Waals surface area contributed by atoms with Crippen LogP contribution in [0.25, 0.3) is 0 Å². The van der Waals surface area contributed by atoms with Crippen molar-refractivity contribution in [2.24, 2.45) is 0 Å². The number of carbonyl (C=O) groups is 2. The highest BCUT2D eigenvalue weighted by molar-refractivity contribution is 8.20. The molecule has 0 aromatic heterocycles. The summed E-state index contributed by atoms with van der Waals surface area (Å²) in [4.78, 5) is 29.7. The number of likely N-dealkylation sites (tertiary alicyclic amines) is 1. The number of carbonyl (C=O) groups excluding carboxylic acids is 2. The molecule has 52 heavy (non-hydrogen) atoms. The normalized spacial score (nSPS) is 19.9. The van der Waals surface area contributed by atoms with Crippen LogP contribution in [0.1, 0.15) is 96.4 Å². The molecule has 280 valence electrons. The molecule has 0 saturated carbocycles. The van der Waals surface area contributed by atoms with Crippen LogP contribution in [0.15, 0.2) is 78.2 Å². The fraction of sp³-hybridized carbons (Fsp3) is 0.476. The van der Waals surface area contributed by atoms with Gasteiger partial charge in [0.15, 0.2) is 0 Å². The van der Waals surface area contributed by atoms with Gasteiger partial charge in [-0.2, -0.15) is 0 Å². The Hall–Kier alpha value is -3.73. The molecule has 1 aliphatic heterocycles. The average molecular weight is 743 g/mol. The van der Waals surface area contributed by atoms with Crippen LogP contribution >= 0.6 is 0 Å². The molecule has 1 saturated heterocycles. The molecular formula is C42H58N4O4SSi. The number of hydrogen-bond acceptors (Lipinski definition) is 4. The Morgan fingerprint density at radius 3 is 1.88 bits per heavy atom. The van der Waals surface area contributed by atoms with Crippen LogP contribution in [0.3, 0.4) is 0 Å². The van der Waals surface area contributed by atoms with E-state index < -0.39 is 46.0 Å². The predicted octanol–water partition coefficient (Wildman–Crippen LogP) is 7.52. The Kier molecular flexibility index (Phi) is 9.94. The monoisotopic (exact) mass is 742 g/mol. The molecule has 3 aliphatic rings. The van der Waals surface area contributed by atoms with Gasteiger partial charge in [-0.25, -0.2) is 13.8 Å². The van der Waals surface area contributed by atoms with E-state index in [4.69, 9.17) is 4.74 Å². The van der Waals surface area contributed by atoms with Crippen molar-refractivity contribution in [3.05, 3.63) is 100 Å². The van der Waals surface area contributed by atoms with Gasteiger partial charge in [-0.05, 0) is 123 Å². The van der Waals surface area contributed by atoms with Crippen molar-refractivity contribution in [2.75, 3.05) is 18.1 Å². The molecule has 3 aromatic carbocycles. The van der Waals surface area contributed by atoms with Gasteiger partial charge < -0.3 is 10.1 Å². The van der Waals surface area contributed by atoms with Crippen molar-refractivity contribution < 1.29 is 18.5 Å². The lowest BCUT2D eigenvalue weighted by atomic mass is 9.99. The third-order valence-electron chi connectivity index (χ3n) is 11.1. The van der Waals surface area contributed by atoms with Gasteiger partial charge in [0.25, 0.3) is 0 Å². The smallest absolute Gasteiger partial charge is 0.410 e. The zero-order valence-electron chi connectivity index (χ0n) is 32.4. The van der Waals surface area contributed by atoms with Gasteiger partial charge in [-0.15, -0.1) is 0 Å². The molecule has 1 fully saturated rings. The summed E-state index contributed by atoms with van der Waals surface area (Å²) in [5.41, 5.74) is 4.48. The maximum atomic E-state index is 16.4. The molecule has 6 rings (SSSR count). The highest BCUT2D eigenvalue weighted by Gasteiger charge is 2.54. The van der Waals surface area contributed by atoms with E-state index in [9.17, 15) is 9.59 Å². The number of aryl methyl sites for hydroxylation is 2. The van der Waals surface area contributed by atoms with Crippen molar-refractivity contribution in [3.63, 3.8) is 0 Å². The van der Waals surface area contributed by atoms with Crippen LogP contribution in [0.4, 0.5) is 15.3 Å². The fourth-order valence-electron chi connectivity index (χ4n) is 8.58. The van der Waals surface area contributed by atoms with Crippen LogP contribution in [0.5, 0.6) is 0 Å². The quantitative estimate of drug-likeness (QED) is 0.208. The summed E-state index contributed by atoms with van der Waals surface area (Å²) in [5, 5.41) is 6.60. The van der Waals surface area contributed by atoms with Crippen molar-refractivity contribution in [3.8, 4) is 0 Å². The van der Waals surface area contributed by atoms with E-state index in [0.717, 1.165) is 61.0 Å². The van der Waals surface area contributed by atoms with Crippen LogP contribution in [-0.4, -0.2) is 53.4 Å². The number of rotatable bonds is 8. The Morgan fingerprint density at radius 2 is 1.38 bits per heavy atom. The molecule has 8 nitrogen and oxygen atoms in total. The number of anilines is 1. The summed E-state index contributed by atoms with van der Waals surface area (Å²) in [6.07, 6.45) is 10.5. The van der Waals surface area contributed by atoms with Gasteiger partial charge in [-0.3, -0.25) is 14.0 Å². The van der Waals surface area contributed by atoms with Crippen molar-refractivity contribution >= 4 is 45.9 Å². The Labute approximate surface area is 311 Å². The molecule has 0 bridgehead atoms. The van der Waals surface area contributed by atoms with Crippen molar-refractivity contribution in [1.29, 1.82) is 0 Å². The lowest BCUT2D eigenvalue weighted by Gasteiger charge is -2.52. The molecule has 3 N–H and O–H groups in total. The van der Waals surface area contributed by atoms with Crippen molar-refractivity contribution in [1.82, 2.24) is 14.0 Å². The first-order chi connectivity index (χ1) is 24.3. The van der Waals surface area contributed by atoms with E-state index in [2.05, 4.69) is 65.5 Å².